The topological polar surface area (TPSA) is 52.9 Å². The van der Waals surface area contributed by atoms with Gasteiger partial charge >= 0.3 is 0 Å². The molecule has 2 aromatic carbocycles. The number of nitrogens with one attached hydrogen (secondary N) is 1. The van der Waals surface area contributed by atoms with E-state index in [-0.39, 0.29) is 11.5 Å². The van der Waals surface area contributed by atoms with Gasteiger partial charge in [-0.2, -0.15) is 5.26 Å². The molecule has 1 heterocycles. The number of hydrogen-bond acceptors (Lipinski definition) is 3. The van der Waals surface area contributed by atoms with Crippen molar-refractivity contribution in [2.24, 2.45) is 0 Å². The number of rotatable bonds is 2. The molecule has 3 rings (SSSR count). The molecule has 0 fully saturated rings. The Balaban J connectivity index is 1.91. The normalized spacial score (nSPS) is 10.3. The molecule has 1 N–H and O–H groups in total. The Labute approximate surface area is 124 Å². The van der Waals surface area contributed by atoms with E-state index < -0.39 is 5.82 Å². The van der Waals surface area contributed by atoms with Gasteiger partial charge in [0.15, 0.2) is 0 Å². The second-order valence-electron chi connectivity index (χ2n) is 4.40. The summed E-state index contributed by atoms with van der Waals surface area (Å²) >= 11 is 1.37. The molecule has 5 heteroatoms. The third-order valence-electron chi connectivity index (χ3n) is 3.00. The molecule has 3 aromatic rings. The molecule has 1 aromatic heterocycles. The quantitative estimate of drug-likeness (QED) is 0.771. The number of benzene rings is 2. The smallest absolute Gasteiger partial charge is 0.265 e. The summed E-state index contributed by atoms with van der Waals surface area (Å²) in [7, 11) is 0. The van der Waals surface area contributed by atoms with Gasteiger partial charge in [-0.25, -0.2) is 4.39 Å². The lowest BCUT2D eigenvalue weighted by Crippen LogP contribution is -2.11. The minimum Gasteiger partial charge on any atom is -0.320 e. The van der Waals surface area contributed by atoms with E-state index >= 15 is 0 Å². The predicted octanol–water partition coefficient (Wildman–Crippen LogP) is 4.16. The third kappa shape index (κ3) is 2.62. The van der Waals surface area contributed by atoms with E-state index in [9.17, 15) is 9.18 Å². The monoisotopic (exact) mass is 296 g/mol. The van der Waals surface area contributed by atoms with Crippen molar-refractivity contribution < 1.29 is 9.18 Å². The molecule has 21 heavy (non-hydrogen) atoms. The summed E-state index contributed by atoms with van der Waals surface area (Å²) in [5.74, 6) is -0.814. The molecule has 3 nitrogen and oxygen atoms in total. The summed E-state index contributed by atoms with van der Waals surface area (Å²) in [4.78, 5) is 12.8. The van der Waals surface area contributed by atoms with Crippen LogP contribution in [0.1, 0.15) is 15.2 Å². The largest absolute Gasteiger partial charge is 0.320 e. The zero-order valence-corrected chi connectivity index (χ0v) is 11.6. The van der Waals surface area contributed by atoms with E-state index in [0.717, 1.165) is 16.2 Å². The summed E-state index contributed by atoms with van der Waals surface area (Å²) in [5, 5.41) is 12.6. The van der Waals surface area contributed by atoms with Crippen LogP contribution in [0.2, 0.25) is 0 Å². The number of carbonyl (C=O) groups is 1. The third-order valence-corrected chi connectivity index (χ3v) is 4.11. The molecule has 0 aliphatic carbocycles. The molecule has 0 atom stereocenters. The summed E-state index contributed by atoms with van der Waals surface area (Å²) in [5.41, 5.74) is 0.408. The van der Waals surface area contributed by atoms with Gasteiger partial charge < -0.3 is 5.32 Å². The van der Waals surface area contributed by atoms with Crippen molar-refractivity contribution in [2.45, 2.75) is 0 Å². The van der Waals surface area contributed by atoms with E-state index in [1.165, 1.54) is 23.5 Å². The van der Waals surface area contributed by atoms with Crippen LogP contribution in [0.25, 0.3) is 10.1 Å². The van der Waals surface area contributed by atoms with Crippen molar-refractivity contribution in [3.8, 4) is 6.07 Å². The van der Waals surface area contributed by atoms with Crippen LogP contribution in [-0.2, 0) is 0 Å². The van der Waals surface area contributed by atoms with Crippen LogP contribution >= 0.6 is 11.3 Å². The van der Waals surface area contributed by atoms with Gasteiger partial charge in [0.2, 0.25) is 0 Å². The molecule has 0 radical (unpaired) electrons. The highest BCUT2D eigenvalue weighted by Gasteiger charge is 2.12. The van der Waals surface area contributed by atoms with Gasteiger partial charge in [0.25, 0.3) is 5.91 Å². The summed E-state index contributed by atoms with van der Waals surface area (Å²) < 4.78 is 14.1. The molecule has 0 saturated carbocycles. The maximum absolute atomic E-state index is 13.1. The van der Waals surface area contributed by atoms with Crippen molar-refractivity contribution in [3.05, 3.63) is 64.8 Å². The second-order valence-corrected chi connectivity index (χ2v) is 5.49. The standard InChI is InChI=1S/C16H9FN2OS/c17-12-5-6-13(11(7-12)9-18)19-16(20)15-8-10-3-1-2-4-14(10)21-15/h1-8H,(H,19,20). The number of halogens is 1. The number of hydrogen-bond donors (Lipinski definition) is 1. The lowest BCUT2D eigenvalue weighted by atomic mass is 10.2. The molecule has 0 aliphatic rings. The molecule has 0 bridgehead atoms. The van der Waals surface area contributed by atoms with Crippen LogP contribution in [0.15, 0.2) is 48.5 Å². The average molecular weight is 296 g/mol. The molecule has 0 spiro atoms. The van der Waals surface area contributed by atoms with E-state index in [2.05, 4.69) is 5.32 Å². The lowest BCUT2D eigenvalue weighted by Gasteiger charge is -2.05. The average Bonchev–Trinajstić information content (AvgIpc) is 2.93. The fraction of sp³-hybridized carbons (Fsp3) is 0. The zero-order valence-electron chi connectivity index (χ0n) is 10.8. The van der Waals surface area contributed by atoms with Gasteiger partial charge in [0.1, 0.15) is 11.9 Å². The fourth-order valence-corrected chi connectivity index (χ4v) is 2.95. The van der Waals surface area contributed by atoms with Crippen LogP contribution < -0.4 is 5.32 Å². The number of amides is 1. The number of nitriles is 1. The van der Waals surface area contributed by atoms with E-state index in [4.69, 9.17) is 5.26 Å². The first kappa shape index (κ1) is 13.3. The van der Waals surface area contributed by atoms with Crippen LogP contribution in [0, 0.1) is 17.1 Å². The fourth-order valence-electron chi connectivity index (χ4n) is 2.00. The van der Waals surface area contributed by atoms with Gasteiger partial charge in [-0.3, -0.25) is 4.79 Å². The van der Waals surface area contributed by atoms with Crippen LogP contribution in [0.3, 0.4) is 0 Å². The summed E-state index contributed by atoms with van der Waals surface area (Å²) in [6.45, 7) is 0. The van der Waals surface area contributed by atoms with Gasteiger partial charge in [-0.15, -0.1) is 11.3 Å². The Morgan fingerprint density at radius 1 is 1.19 bits per heavy atom. The predicted molar refractivity (Wildman–Crippen MR) is 80.9 cm³/mol. The second kappa shape index (κ2) is 5.35. The molecule has 0 unspecified atom stereocenters. The minimum atomic E-state index is -0.508. The number of thiophene rings is 1. The Kier molecular flexibility index (Phi) is 3.38. The van der Waals surface area contributed by atoms with Gasteiger partial charge in [-0.05, 0) is 35.7 Å². The Morgan fingerprint density at radius 3 is 2.76 bits per heavy atom. The van der Waals surface area contributed by atoms with Crippen LogP contribution in [0.4, 0.5) is 10.1 Å². The summed E-state index contributed by atoms with van der Waals surface area (Å²) in [6, 6.07) is 15.1. The van der Waals surface area contributed by atoms with Crippen molar-refractivity contribution in [1.29, 1.82) is 5.26 Å². The molecule has 0 aliphatic heterocycles. The van der Waals surface area contributed by atoms with Crippen LogP contribution in [-0.4, -0.2) is 5.91 Å². The van der Waals surface area contributed by atoms with E-state index in [1.807, 2.05) is 30.3 Å². The number of carbonyl (C=O) groups excluding carboxylic acids is 1. The van der Waals surface area contributed by atoms with Gasteiger partial charge in [-0.1, -0.05) is 18.2 Å². The first-order chi connectivity index (χ1) is 10.2. The molecule has 1 amide bonds. The molecule has 102 valence electrons. The van der Waals surface area contributed by atoms with E-state index in [1.54, 1.807) is 6.07 Å². The summed E-state index contributed by atoms with van der Waals surface area (Å²) in [6.07, 6.45) is 0. The molecular weight excluding hydrogens is 287 g/mol. The Hall–Kier alpha value is -2.71. The first-order valence-corrected chi connectivity index (χ1v) is 6.98. The zero-order chi connectivity index (χ0) is 14.8. The Bertz CT molecular complexity index is 846. The van der Waals surface area contributed by atoms with Crippen molar-refractivity contribution in [2.75, 3.05) is 5.32 Å². The SMILES string of the molecule is N#Cc1cc(F)ccc1NC(=O)c1cc2ccccc2s1. The molecule has 0 saturated heterocycles. The highest BCUT2D eigenvalue weighted by Crippen LogP contribution is 2.26. The van der Waals surface area contributed by atoms with Crippen molar-refractivity contribution in [3.63, 3.8) is 0 Å². The number of anilines is 1. The highest BCUT2D eigenvalue weighted by molar-refractivity contribution is 7.20. The maximum Gasteiger partial charge on any atom is 0.265 e. The van der Waals surface area contributed by atoms with Crippen molar-refractivity contribution in [1.82, 2.24) is 0 Å². The number of nitrogens with zero attached hydrogens (tertiary/aromatic N) is 1. The van der Waals surface area contributed by atoms with E-state index in [0.29, 0.717) is 10.6 Å². The first-order valence-electron chi connectivity index (χ1n) is 6.17. The van der Waals surface area contributed by atoms with Crippen LogP contribution in [0.5, 0.6) is 0 Å². The van der Waals surface area contributed by atoms with Gasteiger partial charge in [0, 0.05) is 4.70 Å². The highest BCUT2D eigenvalue weighted by atomic mass is 32.1. The Morgan fingerprint density at radius 2 is 2.00 bits per heavy atom. The minimum absolute atomic E-state index is 0.101. The van der Waals surface area contributed by atoms with Gasteiger partial charge in [0.05, 0.1) is 16.1 Å². The maximum atomic E-state index is 13.1. The lowest BCUT2D eigenvalue weighted by molar-refractivity contribution is 0.103. The molecular formula is C16H9FN2OS. The van der Waals surface area contributed by atoms with Crippen molar-refractivity contribution >= 4 is 33.0 Å². The number of fused-ring (bicyclic) bond motifs is 1.